The first-order valence-corrected chi connectivity index (χ1v) is 8.20. The average molecular weight is 337 g/mol. The Morgan fingerprint density at radius 1 is 1.08 bits per heavy atom. The van der Waals surface area contributed by atoms with Crippen LogP contribution in [0.3, 0.4) is 0 Å². The van der Waals surface area contributed by atoms with Crippen LogP contribution in [0, 0.1) is 6.92 Å². The van der Waals surface area contributed by atoms with Crippen molar-refractivity contribution in [1.82, 2.24) is 4.98 Å². The van der Waals surface area contributed by atoms with Crippen molar-refractivity contribution in [2.75, 3.05) is 5.32 Å². The third kappa shape index (κ3) is 3.33. The summed E-state index contributed by atoms with van der Waals surface area (Å²) in [5, 5.41) is 6.79. The third-order valence-corrected chi connectivity index (χ3v) is 4.26. The van der Waals surface area contributed by atoms with Gasteiger partial charge in [-0.05, 0) is 54.8 Å². The first-order chi connectivity index (χ1) is 11.5. The molecule has 0 aliphatic carbocycles. The topological polar surface area (TPSA) is 85.1 Å². The maximum atomic E-state index is 12.4. The molecule has 2 aromatic heterocycles. The number of carbonyl (C=O) groups excluding carboxylic acids is 2. The average Bonchev–Trinajstić information content (AvgIpc) is 3.09. The van der Waals surface area contributed by atoms with Gasteiger partial charge in [0.25, 0.3) is 5.91 Å². The lowest BCUT2D eigenvalue weighted by molar-refractivity contribution is 0.0998. The Labute approximate surface area is 143 Å². The maximum absolute atomic E-state index is 12.4. The molecule has 0 atom stereocenters. The summed E-state index contributed by atoms with van der Waals surface area (Å²) >= 11 is 1.60. The number of anilines is 1. The molecule has 0 aliphatic rings. The summed E-state index contributed by atoms with van der Waals surface area (Å²) in [7, 11) is 0. The summed E-state index contributed by atoms with van der Waals surface area (Å²) in [4.78, 5) is 28.0. The number of amides is 2. The van der Waals surface area contributed by atoms with Crippen molar-refractivity contribution < 1.29 is 9.59 Å². The summed E-state index contributed by atoms with van der Waals surface area (Å²) in [5.74, 6) is -0.749. The van der Waals surface area contributed by atoms with Gasteiger partial charge in [-0.15, -0.1) is 0 Å². The number of aromatic nitrogens is 1. The van der Waals surface area contributed by atoms with Crippen LogP contribution < -0.4 is 11.1 Å². The SMILES string of the molecule is Cc1nc(-c2ccsc2)ccc1C(=O)Nc1ccc(C(N)=O)cc1. The first kappa shape index (κ1) is 15.9. The van der Waals surface area contributed by atoms with Gasteiger partial charge >= 0.3 is 0 Å². The van der Waals surface area contributed by atoms with Crippen LogP contribution in [0.25, 0.3) is 11.3 Å². The van der Waals surface area contributed by atoms with Crippen LogP contribution in [0.15, 0.2) is 53.2 Å². The molecule has 0 radical (unpaired) electrons. The van der Waals surface area contributed by atoms with Crippen LogP contribution in [0.5, 0.6) is 0 Å². The second-order valence-electron chi connectivity index (χ2n) is 5.24. The predicted molar refractivity (Wildman–Crippen MR) is 95.2 cm³/mol. The van der Waals surface area contributed by atoms with E-state index in [2.05, 4.69) is 10.3 Å². The van der Waals surface area contributed by atoms with Crippen LogP contribution in [-0.4, -0.2) is 16.8 Å². The second kappa shape index (κ2) is 6.64. The van der Waals surface area contributed by atoms with Gasteiger partial charge in [-0.25, -0.2) is 0 Å². The van der Waals surface area contributed by atoms with Gasteiger partial charge in [0, 0.05) is 22.2 Å². The molecule has 0 fully saturated rings. The van der Waals surface area contributed by atoms with Crippen LogP contribution in [0.4, 0.5) is 5.69 Å². The zero-order chi connectivity index (χ0) is 17.1. The Morgan fingerprint density at radius 3 is 2.42 bits per heavy atom. The number of benzene rings is 1. The Kier molecular flexibility index (Phi) is 4.39. The molecule has 120 valence electrons. The van der Waals surface area contributed by atoms with Crippen molar-refractivity contribution in [1.29, 1.82) is 0 Å². The van der Waals surface area contributed by atoms with Gasteiger partial charge in [-0.1, -0.05) is 0 Å². The molecule has 5 nitrogen and oxygen atoms in total. The number of rotatable bonds is 4. The highest BCUT2D eigenvalue weighted by Gasteiger charge is 2.12. The standard InChI is InChI=1S/C18H15N3O2S/c1-11-15(6-7-16(20-11)13-8-9-24-10-13)18(23)21-14-4-2-12(3-5-14)17(19)22/h2-10H,1H3,(H2,19,22)(H,21,23). The smallest absolute Gasteiger partial charge is 0.257 e. The van der Waals surface area contributed by atoms with Gasteiger partial charge < -0.3 is 11.1 Å². The van der Waals surface area contributed by atoms with Crippen molar-refractivity contribution in [3.63, 3.8) is 0 Å². The van der Waals surface area contributed by atoms with E-state index < -0.39 is 5.91 Å². The maximum Gasteiger partial charge on any atom is 0.257 e. The number of primary amides is 1. The van der Waals surface area contributed by atoms with Crippen molar-refractivity contribution in [3.8, 4) is 11.3 Å². The minimum absolute atomic E-state index is 0.247. The Bertz CT molecular complexity index is 887. The van der Waals surface area contributed by atoms with Crippen LogP contribution in [0.2, 0.25) is 0 Å². The Balaban J connectivity index is 1.78. The monoisotopic (exact) mass is 337 g/mol. The van der Waals surface area contributed by atoms with Crippen LogP contribution in [-0.2, 0) is 0 Å². The second-order valence-corrected chi connectivity index (χ2v) is 6.02. The van der Waals surface area contributed by atoms with Gasteiger partial charge in [0.2, 0.25) is 5.91 Å². The zero-order valence-electron chi connectivity index (χ0n) is 12.9. The summed E-state index contributed by atoms with van der Waals surface area (Å²) in [6.07, 6.45) is 0. The van der Waals surface area contributed by atoms with Crippen LogP contribution in [0.1, 0.15) is 26.4 Å². The third-order valence-electron chi connectivity index (χ3n) is 3.57. The van der Waals surface area contributed by atoms with Gasteiger partial charge in [0.15, 0.2) is 0 Å². The highest BCUT2D eigenvalue weighted by Crippen LogP contribution is 2.22. The lowest BCUT2D eigenvalue weighted by Gasteiger charge is -2.09. The minimum Gasteiger partial charge on any atom is -0.366 e. The Hall–Kier alpha value is -2.99. The van der Waals surface area contributed by atoms with Crippen molar-refractivity contribution in [2.24, 2.45) is 5.73 Å². The largest absolute Gasteiger partial charge is 0.366 e. The van der Waals surface area contributed by atoms with Crippen molar-refractivity contribution >= 4 is 28.8 Å². The molecule has 24 heavy (non-hydrogen) atoms. The van der Waals surface area contributed by atoms with Crippen LogP contribution >= 0.6 is 11.3 Å². The molecular weight excluding hydrogens is 322 g/mol. The fourth-order valence-electron chi connectivity index (χ4n) is 2.29. The predicted octanol–water partition coefficient (Wildman–Crippen LogP) is 3.47. The van der Waals surface area contributed by atoms with E-state index in [0.29, 0.717) is 22.5 Å². The molecule has 6 heteroatoms. The zero-order valence-corrected chi connectivity index (χ0v) is 13.8. The number of hydrogen-bond donors (Lipinski definition) is 2. The number of aryl methyl sites for hydroxylation is 1. The lowest BCUT2D eigenvalue weighted by atomic mass is 10.1. The van der Waals surface area contributed by atoms with Crippen molar-refractivity contribution in [3.05, 3.63) is 70.0 Å². The number of nitrogens with zero attached hydrogens (tertiary/aromatic N) is 1. The van der Waals surface area contributed by atoms with E-state index >= 15 is 0 Å². The van der Waals surface area contributed by atoms with Gasteiger partial charge in [0.1, 0.15) is 0 Å². The molecule has 0 unspecified atom stereocenters. The first-order valence-electron chi connectivity index (χ1n) is 7.26. The fraction of sp³-hybridized carbons (Fsp3) is 0.0556. The van der Waals surface area contributed by atoms with E-state index in [-0.39, 0.29) is 5.91 Å². The number of carbonyl (C=O) groups is 2. The van der Waals surface area contributed by atoms with E-state index in [1.807, 2.05) is 22.9 Å². The summed E-state index contributed by atoms with van der Waals surface area (Å²) in [6.45, 7) is 1.81. The molecule has 3 rings (SSSR count). The quantitative estimate of drug-likeness (QED) is 0.764. The molecule has 1 aromatic carbocycles. The van der Waals surface area contributed by atoms with E-state index in [1.165, 1.54) is 0 Å². The number of nitrogens with one attached hydrogen (secondary N) is 1. The number of thiophene rings is 1. The van der Waals surface area contributed by atoms with Gasteiger partial charge in [-0.2, -0.15) is 11.3 Å². The number of hydrogen-bond acceptors (Lipinski definition) is 4. The van der Waals surface area contributed by atoms with Crippen molar-refractivity contribution in [2.45, 2.75) is 6.92 Å². The van der Waals surface area contributed by atoms with E-state index in [0.717, 1.165) is 11.3 Å². The molecule has 0 saturated carbocycles. The number of nitrogens with two attached hydrogens (primary N) is 1. The molecule has 2 amide bonds. The minimum atomic E-state index is -0.503. The molecular formula is C18H15N3O2S. The fourth-order valence-corrected chi connectivity index (χ4v) is 2.94. The van der Waals surface area contributed by atoms with Gasteiger partial charge in [-0.3, -0.25) is 14.6 Å². The molecule has 0 spiro atoms. The highest BCUT2D eigenvalue weighted by atomic mass is 32.1. The molecule has 2 heterocycles. The molecule has 3 aromatic rings. The molecule has 0 bridgehead atoms. The highest BCUT2D eigenvalue weighted by molar-refractivity contribution is 7.08. The summed E-state index contributed by atoms with van der Waals surface area (Å²) in [5.41, 5.74) is 9.23. The van der Waals surface area contributed by atoms with E-state index in [9.17, 15) is 9.59 Å². The number of pyridine rings is 1. The van der Waals surface area contributed by atoms with E-state index in [4.69, 9.17) is 5.73 Å². The van der Waals surface area contributed by atoms with E-state index in [1.54, 1.807) is 48.6 Å². The normalized spacial score (nSPS) is 10.4. The lowest BCUT2D eigenvalue weighted by Crippen LogP contribution is -2.15. The summed E-state index contributed by atoms with van der Waals surface area (Å²) in [6, 6.07) is 12.0. The molecule has 0 aliphatic heterocycles. The van der Waals surface area contributed by atoms with Gasteiger partial charge in [0.05, 0.1) is 17.0 Å². The molecule has 0 saturated heterocycles. The Morgan fingerprint density at radius 2 is 1.83 bits per heavy atom. The molecule has 3 N–H and O–H groups in total. The summed E-state index contributed by atoms with van der Waals surface area (Å²) < 4.78 is 0.